The van der Waals surface area contributed by atoms with E-state index in [1.807, 2.05) is 0 Å². The van der Waals surface area contributed by atoms with Crippen molar-refractivity contribution >= 4 is 0 Å². The predicted molar refractivity (Wildman–Crippen MR) is 67.3 cm³/mol. The molecule has 15 heavy (non-hydrogen) atoms. The first kappa shape index (κ1) is 13.0. The fourth-order valence-corrected chi connectivity index (χ4v) is 2.80. The van der Waals surface area contributed by atoms with Crippen LogP contribution < -0.4 is 5.32 Å². The Kier molecular flexibility index (Phi) is 5.07. The van der Waals surface area contributed by atoms with E-state index in [0.29, 0.717) is 5.54 Å². The van der Waals surface area contributed by atoms with Crippen molar-refractivity contribution in [1.82, 2.24) is 10.2 Å². The average molecular weight is 212 g/mol. The molecule has 0 saturated carbocycles. The van der Waals surface area contributed by atoms with Crippen LogP contribution in [-0.4, -0.2) is 36.1 Å². The number of piperazine rings is 1. The van der Waals surface area contributed by atoms with Gasteiger partial charge in [0.25, 0.3) is 0 Å². The molecule has 1 saturated heterocycles. The molecule has 1 N–H and O–H groups in total. The molecular formula is C13H28N2. The van der Waals surface area contributed by atoms with E-state index in [1.165, 1.54) is 32.2 Å². The number of nitrogens with zero attached hydrogens (tertiary/aromatic N) is 1. The Labute approximate surface area is 95.4 Å². The standard InChI is InChI=1S/C13H28N2/c1-5-7-12(8-6-2)15-10-9-14-11-13(15,3)4/h12,14H,5-11H2,1-4H3. The molecule has 0 amide bonds. The van der Waals surface area contributed by atoms with Gasteiger partial charge < -0.3 is 5.32 Å². The van der Waals surface area contributed by atoms with Gasteiger partial charge in [-0.25, -0.2) is 0 Å². The third kappa shape index (κ3) is 3.46. The van der Waals surface area contributed by atoms with Gasteiger partial charge in [-0.15, -0.1) is 0 Å². The SMILES string of the molecule is CCCC(CCC)N1CCNCC1(C)C. The van der Waals surface area contributed by atoms with Gasteiger partial charge in [0.05, 0.1) is 0 Å². The van der Waals surface area contributed by atoms with Crippen molar-refractivity contribution in [3.8, 4) is 0 Å². The fraction of sp³-hybridized carbons (Fsp3) is 1.00. The third-order valence-electron chi connectivity index (χ3n) is 3.55. The van der Waals surface area contributed by atoms with Gasteiger partial charge in [-0.2, -0.15) is 0 Å². The molecular weight excluding hydrogens is 184 g/mol. The molecule has 0 radical (unpaired) electrons. The largest absolute Gasteiger partial charge is 0.314 e. The van der Waals surface area contributed by atoms with Gasteiger partial charge in [-0.05, 0) is 26.7 Å². The fourth-order valence-electron chi connectivity index (χ4n) is 2.80. The Morgan fingerprint density at radius 2 is 1.80 bits per heavy atom. The summed E-state index contributed by atoms with van der Waals surface area (Å²) in [6.45, 7) is 12.9. The lowest BCUT2D eigenvalue weighted by Crippen LogP contribution is -2.61. The molecule has 1 rings (SSSR count). The Hall–Kier alpha value is -0.0800. The summed E-state index contributed by atoms with van der Waals surface area (Å²) in [5.74, 6) is 0. The second-order valence-corrected chi connectivity index (χ2v) is 5.41. The first-order valence-electron chi connectivity index (χ1n) is 6.59. The molecule has 0 spiro atoms. The Morgan fingerprint density at radius 1 is 1.20 bits per heavy atom. The Bertz CT molecular complexity index is 171. The van der Waals surface area contributed by atoms with Gasteiger partial charge >= 0.3 is 0 Å². The number of rotatable bonds is 5. The summed E-state index contributed by atoms with van der Waals surface area (Å²) in [4.78, 5) is 2.73. The van der Waals surface area contributed by atoms with E-state index in [2.05, 4.69) is 37.9 Å². The van der Waals surface area contributed by atoms with Gasteiger partial charge in [-0.3, -0.25) is 4.90 Å². The van der Waals surface area contributed by atoms with E-state index < -0.39 is 0 Å². The maximum atomic E-state index is 3.50. The van der Waals surface area contributed by atoms with Crippen molar-refractivity contribution in [3.05, 3.63) is 0 Å². The molecule has 0 bridgehead atoms. The predicted octanol–water partition coefficient (Wildman–Crippen LogP) is 2.64. The summed E-state index contributed by atoms with van der Waals surface area (Å²) >= 11 is 0. The summed E-state index contributed by atoms with van der Waals surface area (Å²) in [5.41, 5.74) is 0.341. The summed E-state index contributed by atoms with van der Waals surface area (Å²) in [6, 6.07) is 0.803. The van der Waals surface area contributed by atoms with Gasteiger partial charge in [0, 0.05) is 31.2 Å². The van der Waals surface area contributed by atoms with Crippen LogP contribution in [0, 0.1) is 0 Å². The van der Waals surface area contributed by atoms with Crippen molar-refractivity contribution in [2.24, 2.45) is 0 Å². The highest BCUT2D eigenvalue weighted by Gasteiger charge is 2.33. The molecule has 0 unspecified atom stereocenters. The summed E-state index contributed by atoms with van der Waals surface area (Å²) in [5, 5.41) is 3.50. The highest BCUT2D eigenvalue weighted by Crippen LogP contribution is 2.24. The first-order chi connectivity index (χ1) is 7.11. The molecule has 0 atom stereocenters. The summed E-state index contributed by atoms with van der Waals surface area (Å²) in [7, 11) is 0. The molecule has 0 aromatic heterocycles. The molecule has 1 heterocycles. The topological polar surface area (TPSA) is 15.3 Å². The Morgan fingerprint density at radius 3 is 2.27 bits per heavy atom. The van der Waals surface area contributed by atoms with Crippen LogP contribution in [0.5, 0.6) is 0 Å². The van der Waals surface area contributed by atoms with E-state index in [0.717, 1.165) is 19.1 Å². The monoisotopic (exact) mass is 212 g/mol. The van der Waals surface area contributed by atoms with Gasteiger partial charge in [0.2, 0.25) is 0 Å². The molecule has 0 aromatic rings. The van der Waals surface area contributed by atoms with E-state index >= 15 is 0 Å². The lowest BCUT2D eigenvalue weighted by molar-refractivity contribution is 0.0365. The van der Waals surface area contributed by atoms with Gasteiger partial charge in [0.15, 0.2) is 0 Å². The van der Waals surface area contributed by atoms with Crippen molar-refractivity contribution < 1.29 is 0 Å². The zero-order valence-electron chi connectivity index (χ0n) is 11.0. The smallest absolute Gasteiger partial charge is 0.0281 e. The van der Waals surface area contributed by atoms with Crippen molar-refractivity contribution in [1.29, 1.82) is 0 Å². The molecule has 1 fully saturated rings. The van der Waals surface area contributed by atoms with E-state index in [4.69, 9.17) is 0 Å². The van der Waals surface area contributed by atoms with Crippen LogP contribution in [0.3, 0.4) is 0 Å². The van der Waals surface area contributed by atoms with Crippen LogP contribution in [0.4, 0.5) is 0 Å². The zero-order chi connectivity index (χ0) is 11.3. The Balaban J connectivity index is 2.62. The molecule has 90 valence electrons. The quantitative estimate of drug-likeness (QED) is 0.753. The molecule has 2 heteroatoms. The average Bonchev–Trinajstić information content (AvgIpc) is 2.17. The lowest BCUT2D eigenvalue weighted by atomic mass is 9.94. The maximum absolute atomic E-state index is 3.50. The highest BCUT2D eigenvalue weighted by molar-refractivity contribution is 4.91. The van der Waals surface area contributed by atoms with Crippen LogP contribution in [0.25, 0.3) is 0 Å². The van der Waals surface area contributed by atoms with Crippen LogP contribution in [-0.2, 0) is 0 Å². The molecule has 2 nitrogen and oxygen atoms in total. The van der Waals surface area contributed by atoms with Crippen LogP contribution in [0.2, 0.25) is 0 Å². The maximum Gasteiger partial charge on any atom is 0.0281 e. The van der Waals surface area contributed by atoms with Gasteiger partial charge in [0.1, 0.15) is 0 Å². The van der Waals surface area contributed by atoms with Crippen molar-refractivity contribution in [2.75, 3.05) is 19.6 Å². The minimum absolute atomic E-state index is 0.341. The van der Waals surface area contributed by atoms with Crippen molar-refractivity contribution in [3.63, 3.8) is 0 Å². The van der Waals surface area contributed by atoms with Gasteiger partial charge in [-0.1, -0.05) is 26.7 Å². The van der Waals surface area contributed by atoms with E-state index in [9.17, 15) is 0 Å². The van der Waals surface area contributed by atoms with Crippen LogP contribution >= 0.6 is 0 Å². The lowest BCUT2D eigenvalue weighted by Gasteiger charge is -2.47. The third-order valence-corrected chi connectivity index (χ3v) is 3.55. The minimum Gasteiger partial charge on any atom is -0.314 e. The first-order valence-corrected chi connectivity index (χ1v) is 6.59. The zero-order valence-corrected chi connectivity index (χ0v) is 11.0. The van der Waals surface area contributed by atoms with Crippen LogP contribution in [0.15, 0.2) is 0 Å². The molecule has 0 aromatic carbocycles. The number of hydrogen-bond acceptors (Lipinski definition) is 2. The number of hydrogen-bond donors (Lipinski definition) is 1. The summed E-state index contributed by atoms with van der Waals surface area (Å²) < 4.78 is 0. The number of nitrogens with one attached hydrogen (secondary N) is 1. The second kappa shape index (κ2) is 5.86. The highest BCUT2D eigenvalue weighted by atomic mass is 15.3. The second-order valence-electron chi connectivity index (χ2n) is 5.41. The van der Waals surface area contributed by atoms with Crippen molar-refractivity contribution in [2.45, 2.75) is 65.0 Å². The normalized spacial score (nSPS) is 22.2. The molecule has 1 aliphatic heterocycles. The molecule has 0 aliphatic carbocycles. The van der Waals surface area contributed by atoms with E-state index in [1.54, 1.807) is 0 Å². The van der Waals surface area contributed by atoms with Crippen LogP contribution in [0.1, 0.15) is 53.4 Å². The van der Waals surface area contributed by atoms with E-state index in [-0.39, 0.29) is 0 Å². The summed E-state index contributed by atoms with van der Waals surface area (Å²) in [6.07, 6.45) is 5.34. The minimum atomic E-state index is 0.341. The molecule has 1 aliphatic rings.